The molecule has 0 aliphatic rings. The second-order valence-electron chi connectivity index (χ2n) is 4.16. The van der Waals surface area contributed by atoms with Gasteiger partial charge in [0.1, 0.15) is 0 Å². The van der Waals surface area contributed by atoms with Crippen LogP contribution in [0.3, 0.4) is 0 Å². The summed E-state index contributed by atoms with van der Waals surface area (Å²) in [5.74, 6) is -0.504. The van der Waals surface area contributed by atoms with Crippen LogP contribution in [0.25, 0.3) is 0 Å². The molecule has 1 rings (SSSR count). The number of nitrogens with zero attached hydrogens (tertiary/aromatic N) is 2. The molecule has 0 atom stereocenters. The molecule has 0 saturated heterocycles. The van der Waals surface area contributed by atoms with E-state index in [9.17, 15) is 18.0 Å². The lowest BCUT2D eigenvalue weighted by atomic mass is 10.1. The molecule has 0 aliphatic carbocycles. The van der Waals surface area contributed by atoms with Crippen LogP contribution < -0.4 is 0 Å². The number of rotatable bonds is 4. The summed E-state index contributed by atoms with van der Waals surface area (Å²) in [4.78, 5) is 17.5. The number of aliphatic imine (C=N–C) groups is 1. The van der Waals surface area contributed by atoms with Crippen LogP contribution in [0.1, 0.15) is 15.9 Å². The van der Waals surface area contributed by atoms with Gasteiger partial charge < -0.3 is 4.90 Å². The molecule has 22 heavy (non-hydrogen) atoms. The van der Waals surface area contributed by atoms with E-state index in [1.807, 2.05) is 0 Å². The molecule has 7 heteroatoms. The second-order valence-corrected chi connectivity index (χ2v) is 5.04. The van der Waals surface area contributed by atoms with Crippen LogP contribution in [0, 0.1) is 0 Å². The minimum Gasteiger partial charge on any atom is -0.331 e. The molecule has 0 unspecified atom stereocenters. The van der Waals surface area contributed by atoms with Crippen LogP contribution in [0.5, 0.6) is 0 Å². The first-order valence-corrected chi connectivity index (χ1v) is 7.04. The molecule has 0 amide bonds. The molecule has 0 bridgehead atoms. The van der Waals surface area contributed by atoms with Gasteiger partial charge in [0.2, 0.25) is 0 Å². The first-order chi connectivity index (χ1) is 10.3. The Morgan fingerprint density at radius 2 is 2.09 bits per heavy atom. The van der Waals surface area contributed by atoms with E-state index in [1.54, 1.807) is 25.2 Å². The van der Waals surface area contributed by atoms with Crippen molar-refractivity contribution in [1.82, 2.24) is 4.90 Å². The Hall–Kier alpha value is -2.02. The molecule has 0 aromatic heterocycles. The molecule has 118 valence electrons. The van der Waals surface area contributed by atoms with Gasteiger partial charge in [-0.15, -0.1) is 0 Å². The predicted octanol–water partition coefficient (Wildman–Crippen LogP) is 4.20. The predicted molar refractivity (Wildman–Crippen MR) is 83.8 cm³/mol. The summed E-state index contributed by atoms with van der Waals surface area (Å²) in [6, 6.07) is 4.32. The quantitative estimate of drug-likeness (QED) is 0.359. The monoisotopic (exact) mass is 328 g/mol. The summed E-state index contributed by atoms with van der Waals surface area (Å²) < 4.78 is 37.8. The largest absolute Gasteiger partial charge is 0.416 e. The van der Waals surface area contributed by atoms with Crippen molar-refractivity contribution in [2.75, 3.05) is 14.1 Å². The third-order valence-corrected chi connectivity index (χ3v) is 3.59. The van der Waals surface area contributed by atoms with Crippen LogP contribution in [0.15, 0.2) is 53.5 Å². The van der Waals surface area contributed by atoms with Crippen molar-refractivity contribution in [1.29, 1.82) is 0 Å². The Bertz CT molecular complexity index is 609. The third-order valence-electron chi connectivity index (χ3n) is 2.63. The number of hydrogen-bond donors (Lipinski definition) is 0. The SMILES string of the molecule is C=CN(C)C(=NC)S/C=C/C(=O)c1cccc(C(F)(F)F)c1. The molecule has 0 aliphatic heterocycles. The van der Waals surface area contributed by atoms with E-state index < -0.39 is 17.5 Å². The zero-order valence-electron chi connectivity index (χ0n) is 12.1. The molecule has 0 heterocycles. The summed E-state index contributed by atoms with van der Waals surface area (Å²) in [7, 11) is 3.33. The van der Waals surface area contributed by atoms with Crippen molar-refractivity contribution in [2.45, 2.75) is 6.18 Å². The standard InChI is InChI=1S/C15H15F3N2OS/c1-4-20(3)14(19-2)22-9-8-13(21)11-6-5-7-12(10-11)15(16,17)18/h4-10H,1H2,2-3H3/b9-8+,19-14?. The maximum Gasteiger partial charge on any atom is 0.416 e. The molecule has 0 spiro atoms. The highest BCUT2D eigenvalue weighted by molar-refractivity contribution is 8.16. The molecular weight excluding hydrogens is 313 g/mol. The van der Waals surface area contributed by atoms with Gasteiger partial charge in [-0.25, -0.2) is 0 Å². The van der Waals surface area contributed by atoms with Gasteiger partial charge in [0.15, 0.2) is 11.0 Å². The van der Waals surface area contributed by atoms with Crippen molar-refractivity contribution in [3.63, 3.8) is 0 Å². The summed E-state index contributed by atoms with van der Waals surface area (Å²) in [5.41, 5.74) is -0.861. The number of hydrogen-bond acceptors (Lipinski definition) is 3. The average molecular weight is 328 g/mol. The summed E-state index contributed by atoms with van der Waals surface area (Å²) >= 11 is 1.17. The fourth-order valence-electron chi connectivity index (χ4n) is 1.47. The summed E-state index contributed by atoms with van der Waals surface area (Å²) in [6.07, 6.45) is -1.70. The first-order valence-electron chi connectivity index (χ1n) is 6.16. The van der Waals surface area contributed by atoms with Crippen molar-refractivity contribution < 1.29 is 18.0 Å². The van der Waals surface area contributed by atoms with E-state index >= 15 is 0 Å². The number of halogens is 3. The Morgan fingerprint density at radius 1 is 1.41 bits per heavy atom. The molecule has 0 radical (unpaired) electrons. The van der Waals surface area contributed by atoms with Gasteiger partial charge in [-0.2, -0.15) is 13.2 Å². The highest BCUT2D eigenvalue weighted by atomic mass is 32.2. The maximum absolute atomic E-state index is 12.6. The van der Waals surface area contributed by atoms with E-state index in [2.05, 4.69) is 11.6 Å². The molecule has 0 N–H and O–H groups in total. The van der Waals surface area contributed by atoms with Crippen LogP contribution in [0.2, 0.25) is 0 Å². The highest BCUT2D eigenvalue weighted by Gasteiger charge is 2.30. The average Bonchev–Trinajstić information content (AvgIpc) is 2.50. The van der Waals surface area contributed by atoms with Gasteiger partial charge in [0.05, 0.1) is 5.56 Å². The van der Waals surface area contributed by atoms with Crippen molar-refractivity contribution in [3.8, 4) is 0 Å². The highest BCUT2D eigenvalue weighted by Crippen LogP contribution is 2.29. The lowest BCUT2D eigenvalue weighted by Crippen LogP contribution is -2.16. The van der Waals surface area contributed by atoms with Crippen LogP contribution >= 0.6 is 11.8 Å². The smallest absolute Gasteiger partial charge is 0.331 e. The lowest BCUT2D eigenvalue weighted by Gasteiger charge is -2.12. The number of benzene rings is 1. The minimum absolute atomic E-state index is 0.0151. The molecular formula is C15H15F3N2OS. The van der Waals surface area contributed by atoms with E-state index in [1.165, 1.54) is 35.4 Å². The summed E-state index contributed by atoms with van der Waals surface area (Å²) in [6.45, 7) is 3.59. The molecule has 3 nitrogen and oxygen atoms in total. The van der Waals surface area contributed by atoms with Gasteiger partial charge in [-0.05, 0) is 29.8 Å². The second kappa shape index (κ2) is 7.84. The number of thioether (sulfide) groups is 1. The Morgan fingerprint density at radius 3 is 2.64 bits per heavy atom. The van der Waals surface area contributed by atoms with E-state index in [0.29, 0.717) is 5.17 Å². The van der Waals surface area contributed by atoms with Crippen molar-refractivity contribution in [2.24, 2.45) is 4.99 Å². The zero-order chi connectivity index (χ0) is 16.8. The van der Waals surface area contributed by atoms with E-state index in [-0.39, 0.29) is 5.56 Å². The van der Waals surface area contributed by atoms with Gasteiger partial charge >= 0.3 is 6.18 Å². The number of ketones is 1. The maximum atomic E-state index is 12.6. The summed E-state index contributed by atoms with van der Waals surface area (Å²) in [5, 5.41) is 2.08. The van der Waals surface area contributed by atoms with Crippen LogP contribution in [-0.4, -0.2) is 29.9 Å². The van der Waals surface area contributed by atoms with Gasteiger partial charge in [-0.3, -0.25) is 9.79 Å². The Balaban J connectivity index is 2.81. The fraction of sp³-hybridized carbons (Fsp3) is 0.200. The molecule has 1 aromatic carbocycles. The normalized spacial score (nSPS) is 12.5. The van der Waals surface area contributed by atoms with Crippen molar-refractivity contribution in [3.05, 3.63) is 59.7 Å². The minimum atomic E-state index is -4.47. The van der Waals surface area contributed by atoms with Crippen LogP contribution in [0.4, 0.5) is 13.2 Å². The number of carbonyl (C=O) groups excluding carboxylic acids is 1. The van der Waals surface area contributed by atoms with Gasteiger partial charge in [0, 0.05) is 19.7 Å². The Kier molecular flexibility index (Phi) is 6.42. The zero-order valence-corrected chi connectivity index (χ0v) is 12.9. The number of carbonyl (C=O) groups is 1. The Labute approximate surface area is 131 Å². The lowest BCUT2D eigenvalue weighted by molar-refractivity contribution is -0.137. The first kappa shape index (κ1) is 18.0. The number of amidine groups is 1. The van der Waals surface area contributed by atoms with E-state index in [0.717, 1.165) is 12.1 Å². The van der Waals surface area contributed by atoms with Crippen molar-refractivity contribution >= 4 is 22.7 Å². The fourth-order valence-corrected chi connectivity index (χ4v) is 2.13. The molecule has 0 fully saturated rings. The van der Waals surface area contributed by atoms with Crippen LogP contribution in [-0.2, 0) is 6.18 Å². The van der Waals surface area contributed by atoms with Gasteiger partial charge in [0.25, 0.3) is 0 Å². The molecule has 1 aromatic rings. The topological polar surface area (TPSA) is 32.7 Å². The van der Waals surface area contributed by atoms with E-state index in [4.69, 9.17) is 0 Å². The third kappa shape index (κ3) is 5.07. The van der Waals surface area contributed by atoms with Gasteiger partial charge in [-0.1, -0.05) is 30.5 Å². The molecule has 0 saturated carbocycles. The number of alkyl halides is 3. The number of allylic oxidation sites excluding steroid dienone is 1.